The van der Waals surface area contributed by atoms with Crippen molar-refractivity contribution < 1.29 is 5.11 Å². The summed E-state index contributed by atoms with van der Waals surface area (Å²) in [6, 6.07) is 0. The van der Waals surface area contributed by atoms with Crippen LogP contribution in [0.15, 0.2) is 38.9 Å². The highest BCUT2D eigenvalue weighted by molar-refractivity contribution is 5.80. The SMILES string of the molecule is OC1=NC=C2N=NC=C2C1. The van der Waals surface area contributed by atoms with Gasteiger partial charge in [-0.2, -0.15) is 5.11 Å². The Balaban J connectivity index is 2.42. The molecule has 0 atom stereocenters. The molecule has 2 aliphatic rings. The quantitative estimate of drug-likeness (QED) is 0.538. The van der Waals surface area contributed by atoms with E-state index in [1.54, 1.807) is 6.20 Å². The summed E-state index contributed by atoms with van der Waals surface area (Å²) in [6.45, 7) is 0. The molecular weight excluding hydrogens is 130 g/mol. The first-order valence-electron chi connectivity index (χ1n) is 2.92. The van der Waals surface area contributed by atoms with Crippen LogP contribution in [0.5, 0.6) is 0 Å². The molecule has 0 bridgehead atoms. The van der Waals surface area contributed by atoms with Gasteiger partial charge in [0.1, 0.15) is 5.70 Å². The van der Waals surface area contributed by atoms with Crippen molar-refractivity contribution in [2.45, 2.75) is 6.42 Å². The van der Waals surface area contributed by atoms with Gasteiger partial charge in [0.15, 0.2) is 5.90 Å². The van der Waals surface area contributed by atoms with E-state index >= 15 is 0 Å². The highest BCUT2D eigenvalue weighted by Crippen LogP contribution is 2.24. The molecule has 4 nitrogen and oxygen atoms in total. The van der Waals surface area contributed by atoms with E-state index < -0.39 is 0 Å². The molecule has 4 heteroatoms. The zero-order valence-electron chi connectivity index (χ0n) is 5.15. The topological polar surface area (TPSA) is 57.3 Å². The first-order chi connectivity index (χ1) is 4.86. The van der Waals surface area contributed by atoms with Crippen molar-refractivity contribution in [1.82, 2.24) is 0 Å². The predicted molar refractivity (Wildman–Crippen MR) is 35.7 cm³/mol. The summed E-state index contributed by atoms with van der Waals surface area (Å²) in [5.74, 6) is 0.127. The second-order valence-electron chi connectivity index (χ2n) is 2.11. The monoisotopic (exact) mass is 135 g/mol. The van der Waals surface area contributed by atoms with Crippen LogP contribution in [0.2, 0.25) is 0 Å². The summed E-state index contributed by atoms with van der Waals surface area (Å²) in [6.07, 6.45) is 3.61. The number of aliphatic hydroxyl groups is 1. The van der Waals surface area contributed by atoms with E-state index in [1.807, 2.05) is 0 Å². The number of hydrogen-bond donors (Lipinski definition) is 1. The molecule has 1 N–H and O–H groups in total. The van der Waals surface area contributed by atoms with E-state index in [-0.39, 0.29) is 5.90 Å². The van der Waals surface area contributed by atoms with Crippen LogP contribution in [0.4, 0.5) is 0 Å². The lowest BCUT2D eigenvalue weighted by Crippen LogP contribution is -2.02. The lowest BCUT2D eigenvalue weighted by atomic mass is 10.1. The Hall–Kier alpha value is -1.45. The van der Waals surface area contributed by atoms with Crippen molar-refractivity contribution in [3.8, 4) is 0 Å². The normalized spacial score (nSPS) is 21.4. The van der Waals surface area contributed by atoms with Gasteiger partial charge in [0.25, 0.3) is 0 Å². The molecular formula is C6H5N3O. The van der Waals surface area contributed by atoms with Gasteiger partial charge in [-0.05, 0) is 0 Å². The third-order valence-electron chi connectivity index (χ3n) is 1.39. The van der Waals surface area contributed by atoms with Crippen LogP contribution < -0.4 is 0 Å². The van der Waals surface area contributed by atoms with Crippen molar-refractivity contribution in [2.24, 2.45) is 15.2 Å². The maximum atomic E-state index is 8.94. The minimum atomic E-state index is 0.127. The van der Waals surface area contributed by atoms with Crippen LogP contribution in [0.1, 0.15) is 6.42 Å². The second kappa shape index (κ2) is 1.76. The summed E-state index contributed by atoms with van der Waals surface area (Å²) in [5, 5.41) is 16.4. The smallest absolute Gasteiger partial charge is 0.190 e. The maximum absolute atomic E-state index is 8.94. The molecule has 0 fully saturated rings. The zero-order valence-corrected chi connectivity index (χ0v) is 5.15. The zero-order chi connectivity index (χ0) is 6.97. The van der Waals surface area contributed by atoms with Crippen molar-refractivity contribution in [3.63, 3.8) is 0 Å². The third kappa shape index (κ3) is 0.655. The Kier molecular flexibility index (Phi) is 0.943. The summed E-state index contributed by atoms with van der Waals surface area (Å²) in [4.78, 5) is 3.69. The second-order valence-corrected chi connectivity index (χ2v) is 2.11. The van der Waals surface area contributed by atoms with Crippen LogP contribution in [0, 0.1) is 0 Å². The number of azo groups is 1. The van der Waals surface area contributed by atoms with E-state index in [9.17, 15) is 0 Å². The molecule has 0 unspecified atom stereocenters. The highest BCUT2D eigenvalue weighted by atomic mass is 16.3. The molecule has 10 heavy (non-hydrogen) atoms. The molecule has 2 aliphatic heterocycles. The molecule has 0 spiro atoms. The van der Waals surface area contributed by atoms with Gasteiger partial charge in [-0.3, -0.25) is 0 Å². The molecule has 0 saturated carbocycles. The first kappa shape index (κ1) is 5.34. The molecule has 0 aliphatic carbocycles. The minimum Gasteiger partial charge on any atom is -0.496 e. The van der Waals surface area contributed by atoms with E-state index in [2.05, 4.69) is 15.2 Å². The minimum absolute atomic E-state index is 0.127. The van der Waals surface area contributed by atoms with E-state index in [0.29, 0.717) is 6.42 Å². The van der Waals surface area contributed by atoms with Gasteiger partial charge in [0.2, 0.25) is 0 Å². The number of aliphatic imine (C=N–C) groups is 1. The number of nitrogens with zero attached hydrogens (tertiary/aromatic N) is 3. The maximum Gasteiger partial charge on any atom is 0.190 e. The van der Waals surface area contributed by atoms with Crippen LogP contribution >= 0.6 is 0 Å². The first-order valence-corrected chi connectivity index (χ1v) is 2.92. The number of fused-ring (bicyclic) bond motifs is 1. The standard InChI is InChI=1S/C6H5N3O/c10-6-1-4-2-8-9-5(4)3-7-6/h2-3H,1H2,(H,7,10). The van der Waals surface area contributed by atoms with Gasteiger partial charge < -0.3 is 5.11 Å². The van der Waals surface area contributed by atoms with Gasteiger partial charge in [-0.1, -0.05) is 0 Å². The summed E-state index contributed by atoms with van der Waals surface area (Å²) in [7, 11) is 0. The summed E-state index contributed by atoms with van der Waals surface area (Å²) in [5.41, 5.74) is 1.70. The Labute approximate surface area is 57.3 Å². The Morgan fingerprint density at radius 1 is 1.40 bits per heavy atom. The van der Waals surface area contributed by atoms with Crippen molar-refractivity contribution in [2.75, 3.05) is 0 Å². The fraction of sp³-hybridized carbons (Fsp3) is 0.167. The molecule has 0 aromatic heterocycles. The Morgan fingerprint density at radius 3 is 3.20 bits per heavy atom. The number of rotatable bonds is 0. The number of allylic oxidation sites excluding steroid dienone is 1. The third-order valence-corrected chi connectivity index (χ3v) is 1.39. The van der Waals surface area contributed by atoms with Crippen molar-refractivity contribution >= 4 is 5.90 Å². The molecule has 0 aromatic rings. The van der Waals surface area contributed by atoms with Crippen LogP contribution in [-0.2, 0) is 0 Å². The Bertz CT molecular complexity index is 285. The van der Waals surface area contributed by atoms with E-state index in [1.165, 1.54) is 6.20 Å². The number of aliphatic hydroxyl groups excluding tert-OH is 1. The molecule has 2 rings (SSSR count). The largest absolute Gasteiger partial charge is 0.496 e. The lowest BCUT2D eigenvalue weighted by molar-refractivity contribution is 0.536. The van der Waals surface area contributed by atoms with Gasteiger partial charge in [0, 0.05) is 5.57 Å². The number of hydrogen-bond acceptors (Lipinski definition) is 3. The average Bonchev–Trinajstić information content (AvgIpc) is 2.33. The molecule has 0 saturated heterocycles. The van der Waals surface area contributed by atoms with Gasteiger partial charge >= 0.3 is 0 Å². The summed E-state index contributed by atoms with van der Waals surface area (Å²) < 4.78 is 0. The molecule has 50 valence electrons. The van der Waals surface area contributed by atoms with Gasteiger partial charge in [-0.25, -0.2) is 4.99 Å². The van der Waals surface area contributed by atoms with Gasteiger partial charge in [-0.15, -0.1) is 5.11 Å². The molecule has 0 radical (unpaired) electrons. The Morgan fingerprint density at radius 2 is 2.30 bits per heavy atom. The molecule has 0 aromatic carbocycles. The van der Waals surface area contributed by atoms with Crippen molar-refractivity contribution in [1.29, 1.82) is 0 Å². The van der Waals surface area contributed by atoms with Crippen molar-refractivity contribution in [3.05, 3.63) is 23.7 Å². The fourth-order valence-electron chi connectivity index (χ4n) is 0.888. The lowest BCUT2D eigenvalue weighted by Gasteiger charge is -2.03. The molecule has 2 heterocycles. The van der Waals surface area contributed by atoms with E-state index in [4.69, 9.17) is 5.11 Å². The molecule has 0 amide bonds. The predicted octanol–water partition coefficient (Wildman–Crippen LogP) is 1.54. The highest BCUT2D eigenvalue weighted by Gasteiger charge is 2.15. The fourth-order valence-corrected chi connectivity index (χ4v) is 0.888. The summed E-state index contributed by atoms with van der Waals surface area (Å²) >= 11 is 0. The average molecular weight is 135 g/mol. The van der Waals surface area contributed by atoms with Crippen LogP contribution in [-0.4, -0.2) is 11.0 Å². The van der Waals surface area contributed by atoms with Gasteiger partial charge in [0.05, 0.1) is 18.8 Å². The van der Waals surface area contributed by atoms with Crippen LogP contribution in [0.3, 0.4) is 0 Å². The van der Waals surface area contributed by atoms with E-state index in [0.717, 1.165) is 11.3 Å². The van der Waals surface area contributed by atoms with Crippen LogP contribution in [0.25, 0.3) is 0 Å².